The predicted molar refractivity (Wildman–Crippen MR) is 95.6 cm³/mol. The number of carbonyl (C=O) groups excluding carboxylic acids is 3. The molecular weight excluding hydrogens is 338 g/mol. The van der Waals surface area contributed by atoms with Crippen molar-refractivity contribution in [2.75, 3.05) is 14.2 Å². The zero-order valence-corrected chi connectivity index (χ0v) is 16.3. The van der Waals surface area contributed by atoms with E-state index < -0.39 is 34.9 Å². The van der Waals surface area contributed by atoms with Gasteiger partial charge in [0.25, 0.3) is 0 Å². The molecule has 0 saturated heterocycles. The largest absolute Gasteiger partial charge is 0.508 e. The summed E-state index contributed by atoms with van der Waals surface area (Å²) < 4.78 is 10.1. The zero-order chi connectivity index (χ0) is 20.3. The monoisotopic (exact) mass is 365 g/mol. The van der Waals surface area contributed by atoms with Gasteiger partial charge in [-0.15, -0.1) is 0 Å². The molecule has 7 heteroatoms. The molecule has 0 aliphatic carbocycles. The van der Waals surface area contributed by atoms with Crippen LogP contribution in [0.5, 0.6) is 5.75 Å². The summed E-state index contributed by atoms with van der Waals surface area (Å²) in [6.45, 7) is 8.06. The van der Waals surface area contributed by atoms with Gasteiger partial charge in [-0.1, -0.05) is 12.1 Å². The molecule has 26 heavy (non-hydrogen) atoms. The highest BCUT2D eigenvalue weighted by Crippen LogP contribution is 2.31. The first kappa shape index (κ1) is 21.5. The van der Waals surface area contributed by atoms with E-state index in [9.17, 15) is 19.5 Å². The molecule has 1 aromatic rings. The molecule has 0 fully saturated rings. The second kappa shape index (κ2) is 7.76. The van der Waals surface area contributed by atoms with Crippen LogP contribution in [0.4, 0.5) is 0 Å². The van der Waals surface area contributed by atoms with Crippen LogP contribution in [0.25, 0.3) is 0 Å². The molecule has 0 bridgehead atoms. The molecule has 0 heterocycles. The van der Waals surface area contributed by atoms with Gasteiger partial charge < -0.3 is 19.5 Å². The third-order valence-electron chi connectivity index (χ3n) is 4.12. The first-order valence-electron chi connectivity index (χ1n) is 8.22. The SMILES string of the molecule is COC(=O)[C@@H](C)N(C)C(=O)C(C)(C(=O)OC(C)(C)C)c1ccc(O)cc1. The van der Waals surface area contributed by atoms with Crippen LogP contribution in [0.3, 0.4) is 0 Å². The van der Waals surface area contributed by atoms with Gasteiger partial charge in [0.1, 0.15) is 17.4 Å². The van der Waals surface area contributed by atoms with Crippen LogP contribution in [0.2, 0.25) is 0 Å². The maximum atomic E-state index is 13.2. The summed E-state index contributed by atoms with van der Waals surface area (Å²) in [5, 5.41) is 9.52. The van der Waals surface area contributed by atoms with Crippen molar-refractivity contribution in [3.05, 3.63) is 29.8 Å². The number of hydrogen-bond acceptors (Lipinski definition) is 6. The molecule has 1 N–H and O–H groups in total. The Bertz CT molecular complexity index is 676. The van der Waals surface area contributed by atoms with Crippen molar-refractivity contribution in [2.45, 2.75) is 51.7 Å². The molecule has 0 aliphatic rings. The van der Waals surface area contributed by atoms with Crippen LogP contribution in [-0.4, -0.2) is 53.7 Å². The summed E-state index contributed by atoms with van der Waals surface area (Å²) >= 11 is 0. The van der Waals surface area contributed by atoms with E-state index in [2.05, 4.69) is 4.74 Å². The van der Waals surface area contributed by atoms with Crippen molar-refractivity contribution in [2.24, 2.45) is 0 Å². The summed E-state index contributed by atoms with van der Waals surface area (Å²) in [4.78, 5) is 39.1. The van der Waals surface area contributed by atoms with Crippen molar-refractivity contribution < 1.29 is 29.0 Å². The lowest BCUT2D eigenvalue weighted by Crippen LogP contribution is -2.54. The van der Waals surface area contributed by atoms with Crippen LogP contribution in [-0.2, 0) is 29.3 Å². The quantitative estimate of drug-likeness (QED) is 0.634. The van der Waals surface area contributed by atoms with E-state index in [0.717, 1.165) is 4.90 Å². The molecule has 0 aliphatic heterocycles. The van der Waals surface area contributed by atoms with Gasteiger partial charge in [-0.25, -0.2) is 4.79 Å². The topological polar surface area (TPSA) is 93.1 Å². The Morgan fingerprint density at radius 1 is 1.08 bits per heavy atom. The fourth-order valence-corrected chi connectivity index (χ4v) is 2.36. The number of carbonyl (C=O) groups is 3. The average molecular weight is 365 g/mol. The standard InChI is InChI=1S/C19H27NO6/c1-12(15(22)25-7)20(6)16(23)19(5,17(24)26-18(2,3)4)13-8-10-14(21)11-9-13/h8-12,21H,1-7H3/t12-,19?/m1/s1. The number of phenols is 1. The molecule has 144 valence electrons. The molecule has 1 amide bonds. The van der Waals surface area contributed by atoms with Crippen molar-refractivity contribution in [1.82, 2.24) is 4.90 Å². The van der Waals surface area contributed by atoms with Gasteiger partial charge in [-0.05, 0) is 52.3 Å². The second-order valence-electron chi connectivity index (χ2n) is 7.29. The Morgan fingerprint density at radius 2 is 1.58 bits per heavy atom. The van der Waals surface area contributed by atoms with Crippen LogP contribution in [0, 0.1) is 0 Å². The van der Waals surface area contributed by atoms with E-state index in [1.54, 1.807) is 20.8 Å². The average Bonchev–Trinajstić information content (AvgIpc) is 2.57. The lowest BCUT2D eigenvalue weighted by Gasteiger charge is -2.35. The maximum absolute atomic E-state index is 13.2. The van der Waals surface area contributed by atoms with Gasteiger partial charge in [0.15, 0.2) is 5.41 Å². The Balaban J connectivity index is 3.40. The van der Waals surface area contributed by atoms with E-state index >= 15 is 0 Å². The summed E-state index contributed by atoms with van der Waals surface area (Å²) in [7, 11) is 2.65. The van der Waals surface area contributed by atoms with Crippen molar-refractivity contribution in [1.29, 1.82) is 0 Å². The molecular formula is C19H27NO6. The number of methoxy groups -OCH3 is 1. The number of esters is 2. The highest BCUT2D eigenvalue weighted by molar-refractivity contribution is 6.09. The second-order valence-corrected chi connectivity index (χ2v) is 7.29. The molecule has 1 rings (SSSR count). The van der Waals surface area contributed by atoms with Gasteiger partial charge in [0.05, 0.1) is 7.11 Å². The van der Waals surface area contributed by atoms with E-state index in [-0.39, 0.29) is 5.75 Å². The summed E-state index contributed by atoms with van der Waals surface area (Å²) in [5.74, 6) is -1.96. The molecule has 7 nitrogen and oxygen atoms in total. The molecule has 0 spiro atoms. The van der Waals surface area contributed by atoms with Crippen LogP contribution >= 0.6 is 0 Å². The number of rotatable bonds is 5. The minimum atomic E-state index is -1.70. The van der Waals surface area contributed by atoms with Gasteiger partial charge >= 0.3 is 11.9 Å². The Morgan fingerprint density at radius 3 is 2.00 bits per heavy atom. The zero-order valence-electron chi connectivity index (χ0n) is 16.3. The summed E-state index contributed by atoms with van der Waals surface area (Å²) in [5.41, 5.74) is -2.15. The Labute approximate surface area is 153 Å². The number of phenolic OH excluding ortho intramolecular Hbond substituents is 1. The molecule has 0 saturated carbocycles. The van der Waals surface area contributed by atoms with Crippen molar-refractivity contribution in [3.63, 3.8) is 0 Å². The number of amides is 1. The first-order valence-corrected chi connectivity index (χ1v) is 8.22. The number of aromatic hydroxyl groups is 1. The van der Waals surface area contributed by atoms with E-state index in [4.69, 9.17) is 4.74 Å². The lowest BCUT2D eigenvalue weighted by atomic mass is 9.80. The van der Waals surface area contributed by atoms with E-state index in [1.165, 1.54) is 52.3 Å². The molecule has 1 aromatic carbocycles. The highest BCUT2D eigenvalue weighted by Gasteiger charge is 2.48. The van der Waals surface area contributed by atoms with Gasteiger partial charge in [0, 0.05) is 7.05 Å². The third-order valence-corrected chi connectivity index (χ3v) is 4.12. The fraction of sp³-hybridized carbons (Fsp3) is 0.526. The number of likely N-dealkylation sites (N-methyl/N-ethyl adjacent to an activating group) is 1. The molecule has 0 aromatic heterocycles. The summed E-state index contributed by atoms with van der Waals surface area (Å²) in [6.07, 6.45) is 0. The third kappa shape index (κ3) is 4.53. The van der Waals surface area contributed by atoms with Gasteiger partial charge in [-0.3, -0.25) is 9.59 Å². The van der Waals surface area contributed by atoms with Crippen LogP contribution in [0.1, 0.15) is 40.2 Å². The van der Waals surface area contributed by atoms with E-state index in [0.29, 0.717) is 5.56 Å². The van der Waals surface area contributed by atoms with Crippen LogP contribution < -0.4 is 0 Å². The number of benzene rings is 1. The van der Waals surface area contributed by atoms with Crippen molar-refractivity contribution in [3.8, 4) is 5.75 Å². The van der Waals surface area contributed by atoms with Crippen molar-refractivity contribution >= 4 is 17.8 Å². The summed E-state index contributed by atoms with van der Waals surface area (Å²) in [6, 6.07) is 4.84. The number of nitrogens with zero attached hydrogens (tertiary/aromatic N) is 1. The number of hydrogen-bond donors (Lipinski definition) is 1. The molecule has 0 radical (unpaired) electrons. The lowest BCUT2D eigenvalue weighted by molar-refractivity contribution is -0.169. The molecule has 2 atom stereocenters. The minimum absolute atomic E-state index is 0.00372. The minimum Gasteiger partial charge on any atom is -0.508 e. The normalized spacial score (nSPS) is 14.7. The predicted octanol–water partition coefficient (Wildman–Crippen LogP) is 2.01. The number of ether oxygens (including phenoxy) is 2. The Hall–Kier alpha value is -2.57. The van der Waals surface area contributed by atoms with Gasteiger partial charge in [0.2, 0.25) is 5.91 Å². The fourth-order valence-electron chi connectivity index (χ4n) is 2.36. The van der Waals surface area contributed by atoms with Gasteiger partial charge in [-0.2, -0.15) is 0 Å². The Kier molecular flexibility index (Phi) is 6.41. The molecule has 1 unspecified atom stereocenters. The maximum Gasteiger partial charge on any atom is 0.328 e. The van der Waals surface area contributed by atoms with E-state index in [1.807, 2.05) is 0 Å². The smallest absolute Gasteiger partial charge is 0.328 e. The highest BCUT2D eigenvalue weighted by atomic mass is 16.6. The van der Waals surface area contributed by atoms with Crippen LogP contribution in [0.15, 0.2) is 24.3 Å². The first-order chi connectivity index (χ1) is 11.8.